The fraction of sp³-hybridized carbons (Fsp3) is 0.0870. The maximum absolute atomic E-state index is 14.2. The first-order valence-corrected chi connectivity index (χ1v) is 9.06. The number of carbonyl (C=O) groups is 2. The van der Waals surface area contributed by atoms with Crippen molar-refractivity contribution in [2.75, 3.05) is 13.6 Å². The van der Waals surface area contributed by atoms with Gasteiger partial charge in [0.1, 0.15) is 5.82 Å². The third kappa shape index (κ3) is 3.40. The smallest absolute Gasteiger partial charge is 0.254 e. The second kappa shape index (κ2) is 7.31. The lowest BCUT2D eigenvalue weighted by Crippen LogP contribution is -2.35. The summed E-state index contributed by atoms with van der Waals surface area (Å²) in [4.78, 5) is 29.7. The molecule has 29 heavy (non-hydrogen) atoms. The average molecular weight is 387 g/mol. The fourth-order valence-electron chi connectivity index (χ4n) is 3.51. The van der Waals surface area contributed by atoms with E-state index in [1.165, 1.54) is 18.0 Å². The molecule has 1 aromatic heterocycles. The van der Waals surface area contributed by atoms with Crippen LogP contribution in [0, 0.1) is 5.82 Å². The Kier molecular flexibility index (Phi) is 4.68. The third-order valence-electron chi connectivity index (χ3n) is 4.88. The van der Waals surface area contributed by atoms with Gasteiger partial charge in [0.05, 0.1) is 12.1 Å². The van der Waals surface area contributed by atoms with Crippen molar-refractivity contribution < 1.29 is 14.0 Å². The molecule has 5 nitrogen and oxygen atoms in total. The number of halogens is 1. The highest BCUT2D eigenvalue weighted by molar-refractivity contribution is 6.11. The van der Waals surface area contributed by atoms with Crippen molar-refractivity contribution >= 4 is 33.5 Å². The van der Waals surface area contributed by atoms with Crippen molar-refractivity contribution in [3.63, 3.8) is 0 Å². The Hall–Kier alpha value is -3.80. The molecule has 0 saturated heterocycles. The maximum Gasteiger partial charge on any atom is 0.254 e. The predicted molar refractivity (Wildman–Crippen MR) is 111 cm³/mol. The van der Waals surface area contributed by atoms with Gasteiger partial charge in [-0.1, -0.05) is 36.4 Å². The van der Waals surface area contributed by atoms with Gasteiger partial charge in [-0.2, -0.15) is 0 Å². The Morgan fingerprint density at radius 2 is 1.76 bits per heavy atom. The molecule has 4 aromatic rings. The number of nitrogens with zero attached hydrogens (tertiary/aromatic N) is 2. The molecule has 0 bridgehead atoms. The van der Waals surface area contributed by atoms with E-state index >= 15 is 0 Å². The number of pyridine rings is 1. The van der Waals surface area contributed by atoms with Crippen LogP contribution in [0.5, 0.6) is 0 Å². The van der Waals surface area contributed by atoms with Crippen LogP contribution >= 0.6 is 0 Å². The molecule has 0 radical (unpaired) electrons. The van der Waals surface area contributed by atoms with Crippen molar-refractivity contribution in [2.45, 2.75) is 0 Å². The summed E-state index contributed by atoms with van der Waals surface area (Å²) in [6, 6.07) is 17.6. The summed E-state index contributed by atoms with van der Waals surface area (Å²) in [7, 11) is 1.53. The first-order chi connectivity index (χ1) is 14.0. The SMILES string of the molecule is CN(CC(N)=O)C(=O)c1ccc(-c2cnc3cccc(F)c3c2)c2ccccc12. The Bertz CT molecular complexity index is 1270. The van der Waals surface area contributed by atoms with Crippen LogP contribution in [0.3, 0.4) is 0 Å². The van der Waals surface area contributed by atoms with E-state index in [2.05, 4.69) is 4.98 Å². The van der Waals surface area contributed by atoms with Gasteiger partial charge < -0.3 is 10.6 Å². The van der Waals surface area contributed by atoms with E-state index in [4.69, 9.17) is 5.73 Å². The zero-order chi connectivity index (χ0) is 20.5. The lowest BCUT2D eigenvalue weighted by molar-refractivity contribution is -0.118. The van der Waals surface area contributed by atoms with E-state index < -0.39 is 5.91 Å². The summed E-state index contributed by atoms with van der Waals surface area (Å²) in [6.07, 6.45) is 1.70. The molecule has 4 rings (SSSR count). The first-order valence-electron chi connectivity index (χ1n) is 9.06. The number of aromatic nitrogens is 1. The molecule has 0 aliphatic rings. The minimum atomic E-state index is -0.578. The second-order valence-corrected chi connectivity index (χ2v) is 6.86. The molecule has 0 atom stereocenters. The molecule has 0 fully saturated rings. The van der Waals surface area contributed by atoms with Crippen LogP contribution in [0.25, 0.3) is 32.8 Å². The lowest BCUT2D eigenvalue weighted by atomic mass is 9.94. The van der Waals surface area contributed by atoms with Crippen LogP contribution in [0.2, 0.25) is 0 Å². The molecule has 0 aliphatic heterocycles. The van der Waals surface area contributed by atoms with Gasteiger partial charge in [-0.05, 0) is 40.6 Å². The minimum absolute atomic E-state index is 0.164. The largest absolute Gasteiger partial charge is 0.368 e. The van der Waals surface area contributed by atoms with Crippen LogP contribution in [0.15, 0.2) is 66.9 Å². The highest BCUT2D eigenvalue weighted by Crippen LogP contribution is 2.32. The van der Waals surface area contributed by atoms with E-state index in [-0.39, 0.29) is 18.3 Å². The van der Waals surface area contributed by atoms with Crippen LogP contribution in [-0.2, 0) is 4.79 Å². The number of benzene rings is 3. The van der Waals surface area contributed by atoms with Gasteiger partial charge in [0.25, 0.3) is 5.91 Å². The van der Waals surface area contributed by atoms with Gasteiger partial charge in [0.15, 0.2) is 0 Å². The van der Waals surface area contributed by atoms with E-state index in [0.29, 0.717) is 16.5 Å². The number of hydrogen-bond donors (Lipinski definition) is 1. The molecule has 144 valence electrons. The number of likely N-dealkylation sites (N-methyl/N-ethyl adjacent to an activating group) is 1. The molecule has 0 unspecified atom stereocenters. The Balaban J connectivity index is 1.87. The molecular formula is C23H18FN3O2. The van der Waals surface area contributed by atoms with Crippen LogP contribution in [0.4, 0.5) is 4.39 Å². The van der Waals surface area contributed by atoms with Crippen LogP contribution in [0.1, 0.15) is 10.4 Å². The van der Waals surface area contributed by atoms with Crippen LogP contribution < -0.4 is 5.73 Å². The predicted octanol–water partition coefficient (Wildman–Crippen LogP) is 3.75. The quantitative estimate of drug-likeness (QED) is 0.579. The second-order valence-electron chi connectivity index (χ2n) is 6.86. The summed E-state index contributed by atoms with van der Waals surface area (Å²) in [6.45, 7) is -0.164. The highest BCUT2D eigenvalue weighted by Gasteiger charge is 2.18. The monoisotopic (exact) mass is 387 g/mol. The third-order valence-corrected chi connectivity index (χ3v) is 4.88. The molecule has 0 spiro atoms. The molecule has 6 heteroatoms. The van der Waals surface area contributed by atoms with Crippen molar-refractivity contribution in [1.82, 2.24) is 9.88 Å². The number of fused-ring (bicyclic) bond motifs is 2. The lowest BCUT2D eigenvalue weighted by Gasteiger charge is -2.17. The van der Waals surface area contributed by atoms with E-state index in [1.807, 2.05) is 30.3 Å². The maximum atomic E-state index is 14.2. The number of carbonyl (C=O) groups excluding carboxylic acids is 2. The van der Waals surface area contributed by atoms with Gasteiger partial charge in [-0.25, -0.2) is 4.39 Å². The number of hydrogen-bond acceptors (Lipinski definition) is 3. The number of amides is 2. The zero-order valence-corrected chi connectivity index (χ0v) is 15.7. The zero-order valence-electron chi connectivity index (χ0n) is 15.7. The van der Waals surface area contributed by atoms with E-state index in [9.17, 15) is 14.0 Å². The molecule has 0 saturated carbocycles. The molecule has 2 amide bonds. The summed E-state index contributed by atoms with van der Waals surface area (Å²) < 4.78 is 14.2. The summed E-state index contributed by atoms with van der Waals surface area (Å²) in [5.41, 5.74) is 7.85. The van der Waals surface area contributed by atoms with Crippen molar-refractivity contribution in [3.05, 3.63) is 78.2 Å². The Morgan fingerprint density at radius 3 is 2.52 bits per heavy atom. The number of primary amides is 1. The van der Waals surface area contributed by atoms with Gasteiger partial charge in [-0.15, -0.1) is 0 Å². The summed E-state index contributed by atoms with van der Waals surface area (Å²) in [5, 5.41) is 2.01. The topological polar surface area (TPSA) is 76.3 Å². The average Bonchev–Trinajstić information content (AvgIpc) is 2.72. The van der Waals surface area contributed by atoms with Gasteiger partial charge in [0.2, 0.25) is 5.91 Å². The van der Waals surface area contributed by atoms with E-state index in [1.54, 1.807) is 30.5 Å². The fourth-order valence-corrected chi connectivity index (χ4v) is 3.51. The molecule has 2 N–H and O–H groups in total. The minimum Gasteiger partial charge on any atom is -0.368 e. The van der Waals surface area contributed by atoms with Crippen LogP contribution in [-0.4, -0.2) is 35.3 Å². The summed E-state index contributed by atoms with van der Waals surface area (Å²) >= 11 is 0. The highest BCUT2D eigenvalue weighted by atomic mass is 19.1. The van der Waals surface area contributed by atoms with E-state index in [0.717, 1.165) is 21.9 Å². The molecule has 3 aromatic carbocycles. The molecular weight excluding hydrogens is 369 g/mol. The molecule has 1 heterocycles. The normalized spacial score (nSPS) is 11.0. The Labute approximate surface area is 166 Å². The van der Waals surface area contributed by atoms with Gasteiger partial charge in [0, 0.05) is 29.8 Å². The van der Waals surface area contributed by atoms with Gasteiger partial charge in [-0.3, -0.25) is 14.6 Å². The van der Waals surface area contributed by atoms with Crippen molar-refractivity contribution in [2.24, 2.45) is 5.73 Å². The first kappa shape index (κ1) is 18.6. The van der Waals surface area contributed by atoms with Crippen molar-refractivity contribution in [1.29, 1.82) is 0 Å². The van der Waals surface area contributed by atoms with Gasteiger partial charge >= 0.3 is 0 Å². The standard InChI is InChI=1S/C23H18FN3O2/c1-27(13-22(25)28)23(29)18-10-9-15(16-5-2-3-6-17(16)18)14-11-19-20(24)7-4-8-21(19)26-12-14/h2-12H,13H2,1H3,(H2,25,28). The van der Waals surface area contributed by atoms with Crippen molar-refractivity contribution in [3.8, 4) is 11.1 Å². The molecule has 0 aliphatic carbocycles. The summed E-state index contributed by atoms with van der Waals surface area (Å²) in [5.74, 6) is -1.21. The number of nitrogens with two attached hydrogens (primary N) is 1. The Morgan fingerprint density at radius 1 is 1.00 bits per heavy atom. The number of rotatable bonds is 4.